The topological polar surface area (TPSA) is 78.5 Å². The summed E-state index contributed by atoms with van der Waals surface area (Å²) >= 11 is 0. The van der Waals surface area contributed by atoms with Crippen LogP contribution in [0.5, 0.6) is 0 Å². The predicted molar refractivity (Wildman–Crippen MR) is 117 cm³/mol. The highest BCUT2D eigenvalue weighted by Crippen LogP contribution is 2.24. The van der Waals surface area contributed by atoms with E-state index in [4.69, 9.17) is 0 Å². The van der Waals surface area contributed by atoms with Gasteiger partial charge in [0.2, 0.25) is 15.9 Å². The van der Waals surface area contributed by atoms with Crippen LogP contribution >= 0.6 is 0 Å². The molecule has 2 aromatic carbocycles. The smallest absolute Gasteiger partial charge is 0.243 e. The Morgan fingerprint density at radius 3 is 2.24 bits per heavy atom. The van der Waals surface area contributed by atoms with Gasteiger partial charge in [0.25, 0.3) is 0 Å². The maximum Gasteiger partial charge on any atom is 0.243 e. The van der Waals surface area contributed by atoms with Crippen LogP contribution in [0.2, 0.25) is 0 Å². The molecule has 156 valence electrons. The first-order valence-electron chi connectivity index (χ1n) is 10.2. The Bertz CT molecular complexity index is 945. The molecule has 0 unspecified atom stereocenters. The Morgan fingerprint density at radius 2 is 1.62 bits per heavy atom. The quantitative estimate of drug-likeness (QED) is 0.690. The summed E-state index contributed by atoms with van der Waals surface area (Å²) in [6, 6.07) is 12.7. The molecule has 1 heterocycles. The molecule has 1 fully saturated rings. The number of carbonyl (C=O) groups excluding carboxylic acids is 1. The molecule has 0 saturated carbocycles. The summed E-state index contributed by atoms with van der Waals surface area (Å²) in [6.07, 6.45) is 3.48. The molecule has 0 spiro atoms. The number of nitrogens with one attached hydrogen (secondary N) is 2. The Kier molecular flexibility index (Phi) is 6.92. The van der Waals surface area contributed by atoms with Crippen molar-refractivity contribution in [3.8, 4) is 0 Å². The van der Waals surface area contributed by atoms with Crippen LogP contribution in [-0.4, -0.2) is 38.3 Å². The maximum absolute atomic E-state index is 12.7. The fraction of sp³-hybridized carbons (Fsp3) is 0.409. The van der Waals surface area contributed by atoms with Gasteiger partial charge >= 0.3 is 0 Å². The number of sulfonamides is 1. The Balaban J connectivity index is 1.67. The fourth-order valence-corrected chi connectivity index (χ4v) is 5.18. The summed E-state index contributed by atoms with van der Waals surface area (Å²) in [5, 5.41) is 6.06. The second kappa shape index (κ2) is 9.41. The lowest BCUT2D eigenvalue weighted by molar-refractivity contribution is -0.114. The molecule has 1 saturated heterocycles. The van der Waals surface area contributed by atoms with E-state index in [0.717, 1.165) is 42.5 Å². The van der Waals surface area contributed by atoms with Crippen LogP contribution in [0.15, 0.2) is 47.4 Å². The lowest BCUT2D eigenvalue weighted by Crippen LogP contribution is -2.28. The molecule has 7 heteroatoms. The van der Waals surface area contributed by atoms with Crippen molar-refractivity contribution < 1.29 is 13.2 Å². The average molecular weight is 416 g/mol. The second-order valence-corrected chi connectivity index (χ2v) is 9.14. The number of rotatable bonds is 8. The standard InChI is InChI=1S/C22H29N3O3S/c1-3-17-9-7-10-18(4-2)22(17)24-21(26)16-23-19-11-8-12-20(15-19)29(27,28)25-13-5-6-14-25/h7-12,15,23H,3-6,13-14,16H2,1-2H3,(H,24,26). The second-order valence-electron chi connectivity index (χ2n) is 7.20. The van der Waals surface area contributed by atoms with Gasteiger partial charge in [0.05, 0.1) is 11.4 Å². The molecule has 2 N–H and O–H groups in total. The number of hydrogen-bond donors (Lipinski definition) is 2. The first-order chi connectivity index (χ1) is 14.0. The third-order valence-electron chi connectivity index (χ3n) is 5.25. The first-order valence-corrected chi connectivity index (χ1v) is 11.6. The molecule has 0 atom stereocenters. The van der Waals surface area contributed by atoms with E-state index in [2.05, 4.69) is 24.5 Å². The largest absolute Gasteiger partial charge is 0.376 e. The summed E-state index contributed by atoms with van der Waals surface area (Å²) in [6.45, 7) is 5.33. The number of nitrogens with zero attached hydrogens (tertiary/aromatic N) is 1. The van der Waals surface area contributed by atoms with Gasteiger partial charge in [-0.1, -0.05) is 38.1 Å². The number of aryl methyl sites for hydroxylation is 2. The van der Waals surface area contributed by atoms with Crippen LogP contribution in [0.25, 0.3) is 0 Å². The first kappa shape index (κ1) is 21.3. The van der Waals surface area contributed by atoms with Crippen LogP contribution in [0, 0.1) is 0 Å². The van der Waals surface area contributed by atoms with Gasteiger partial charge in [-0.25, -0.2) is 8.42 Å². The fourth-order valence-electron chi connectivity index (χ4n) is 3.61. The zero-order chi connectivity index (χ0) is 20.9. The SMILES string of the molecule is CCc1cccc(CC)c1NC(=O)CNc1cccc(S(=O)(=O)N2CCCC2)c1. The van der Waals surface area contributed by atoms with E-state index in [9.17, 15) is 13.2 Å². The van der Waals surface area contributed by atoms with E-state index >= 15 is 0 Å². The van der Waals surface area contributed by atoms with Crippen molar-refractivity contribution in [2.45, 2.75) is 44.4 Å². The van der Waals surface area contributed by atoms with Gasteiger partial charge in [0, 0.05) is 24.5 Å². The van der Waals surface area contributed by atoms with Crippen molar-refractivity contribution in [3.05, 3.63) is 53.6 Å². The molecular weight excluding hydrogens is 386 g/mol. The summed E-state index contributed by atoms with van der Waals surface area (Å²) < 4.78 is 27.0. The molecule has 0 aliphatic carbocycles. The van der Waals surface area contributed by atoms with Gasteiger partial charge in [0.15, 0.2) is 0 Å². The Labute approximate surface area is 173 Å². The van der Waals surface area contributed by atoms with Crippen LogP contribution in [0.4, 0.5) is 11.4 Å². The molecule has 0 radical (unpaired) electrons. The summed E-state index contributed by atoms with van der Waals surface area (Å²) in [7, 11) is -3.47. The minimum Gasteiger partial charge on any atom is -0.376 e. The van der Waals surface area contributed by atoms with Crippen LogP contribution in [-0.2, 0) is 27.7 Å². The molecule has 3 rings (SSSR count). The molecule has 29 heavy (non-hydrogen) atoms. The maximum atomic E-state index is 12.7. The molecule has 0 aromatic heterocycles. The highest BCUT2D eigenvalue weighted by atomic mass is 32.2. The molecule has 6 nitrogen and oxygen atoms in total. The van der Waals surface area contributed by atoms with Gasteiger partial charge in [-0.3, -0.25) is 4.79 Å². The number of anilines is 2. The minimum atomic E-state index is -3.47. The normalized spacial score (nSPS) is 14.7. The van der Waals surface area contributed by atoms with Gasteiger partial charge in [-0.2, -0.15) is 4.31 Å². The van der Waals surface area contributed by atoms with Gasteiger partial charge in [0.1, 0.15) is 0 Å². The number of para-hydroxylation sites is 1. The number of amides is 1. The zero-order valence-corrected chi connectivity index (χ0v) is 17.9. The predicted octanol–water partition coefficient (Wildman–Crippen LogP) is 3.65. The lowest BCUT2D eigenvalue weighted by atomic mass is 10.0. The van der Waals surface area contributed by atoms with E-state index in [0.29, 0.717) is 18.8 Å². The van der Waals surface area contributed by atoms with Gasteiger partial charge in [-0.15, -0.1) is 0 Å². The summed E-state index contributed by atoms with van der Waals surface area (Å²) in [5.41, 5.74) is 3.71. The van der Waals surface area contributed by atoms with Crippen molar-refractivity contribution in [3.63, 3.8) is 0 Å². The number of hydrogen-bond acceptors (Lipinski definition) is 4. The van der Waals surface area contributed by atoms with Crippen molar-refractivity contribution >= 4 is 27.3 Å². The summed E-state index contributed by atoms with van der Waals surface area (Å²) in [5.74, 6) is -0.159. The van der Waals surface area contributed by atoms with E-state index in [1.165, 1.54) is 4.31 Å². The third kappa shape index (κ3) is 4.97. The number of carbonyl (C=O) groups is 1. The zero-order valence-electron chi connectivity index (χ0n) is 17.1. The molecule has 1 aliphatic rings. The van der Waals surface area contributed by atoms with Crippen molar-refractivity contribution in [1.82, 2.24) is 4.31 Å². The van der Waals surface area contributed by atoms with Crippen molar-refractivity contribution in [1.29, 1.82) is 0 Å². The minimum absolute atomic E-state index is 0.0639. The Hall–Kier alpha value is -2.38. The van der Waals surface area contributed by atoms with E-state index in [1.54, 1.807) is 24.3 Å². The van der Waals surface area contributed by atoms with Gasteiger partial charge < -0.3 is 10.6 Å². The molecule has 1 amide bonds. The third-order valence-corrected chi connectivity index (χ3v) is 7.15. The van der Waals surface area contributed by atoms with Crippen LogP contribution in [0.3, 0.4) is 0 Å². The Morgan fingerprint density at radius 1 is 1.00 bits per heavy atom. The highest BCUT2D eigenvalue weighted by molar-refractivity contribution is 7.89. The van der Waals surface area contributed by atoms with Crippen LogP contribution in [0.1, 0.15) is 37.8 Å². The molecule has 0 bridgehead atoms. The van der Waals surface area contributed by atoms with E-state index in [1.807, 2.05) is 18.2 Å². The van der Waals surface area contributed by atoms with Crippen molar-refractivity contribution in [2.24, 2.45) is 0 Å². The van der Waals surface area contributed by atoms with E-state index < -0.39 is 10.0 Å². The molecule has 1 aliphatic heterocycles. The van der Waals surface area contributed by atoms with E-state index in [-0.39, 0.29) is 17.3 Å². The highest BCUT2D eigenvalue weighted by Gasteiger charge is 2.27. The lowest BCUT2D eigenvalue weighted by Gasteiger charge is -2.17. The van der Waals surface area contributed by atoms with Crippen LogP contribution < -0.4 is 10.6 Å². The average Bonchev–Trinajstić information content (AvgIpc) is 3.28. The number of benzene rings is 2. The summed E-state index contributed by atoms with van der Waals surface area (Å²) in [4.78, 5) is 12.8. The molecular formula is C22H29N3O3S. The molecule has 2 aromatic rings. The monoisotopic (exact) mass is 415 g/mol. The van der Waals surface area contributed by atoms with Gasteiger partial charge in [-0.05, 0) is 55.0 Å². The van der Waals surface area contributed by atoms with Crippen molar-refractivity contribution in [2.75, 3.05) is 30.3 Å².